The van der Waals surface area contributed by atoms with Gasteiger partial charge in [0.05, 0.1) is 32.3 Å². The van der Waals surface area contributed by atoms with Crippen molar-refractivity contribution < 1.29 is 17.9 Å². The van der Waals surface area contributed by atoms with Gasteiger partial charge in [0.15, 0.2) is 0 Å². The highest BCUT2D eigenvalue weighted by molar-refractivity contribution is 7.89. The number of hydrogen-bond donors (Lipinski definition) is 2. The average Bonchev–Trinajstić information content (AvgIpc) is 3.16. The Hall–Kier alpha value is -3.04. The molecular formula is C18H17ClN4O4S. The third-order valence-corrected chi connectivity index (χ3v) is 5.33. The maximum atomic E-state index is 12.6. The number of hydrazone groups is 1. The van der Waals surface area contributed by atoms with Crippen LogP contribution in [0.1, 0.15) is 5.56 Å². The van der Waals surface area contributed by atoms with Gasteiger partial charge in [0, 0.05) is 22.2 Å². The fourth-order valence-electron chi connectivity index (χ4n) is 2.45. The van der Waals surface area contributed by atoms with E-state index in [1.54, 1.807) is 18.2 Å². The Bertz CT molecular complexity index is 1100. The van der Waals surface area contributed by atoms with Gasteiger partial charge in [-0.1, -0.05) is 23.7 Å². The molecule has 0 unspecified atom stereocenters. The molecule has 0 aliphatic carbocycles. The van der Waals surface area contributed by atoms with Crippen LogP contribution in [-0.4, -0.2) is 39.0 Å². The van der Waals surface area contributed by atoms with E-state index < -0.39 is 10.0 Å². The number of aromatic amines is 1. The molecule has 0 aliphatic rings. The minimum absolute atomic E-state index is 0.0865. The molecule has 1 aromatic heterocycles. The van der Waals surface area contributed by atoms with Crippen LogP contribution in [0.5, 0.6) is 11.5 Å². The molecule has 2 aromatic carbocycles. The lowest BCUT2D eigenvalue weighted by atomic mass is 10.1. The van der Waals surface area contributed by atoms with E-state index in [9.17, 15) is 8.42 Å². The fourth-order valence-corrected chi connectivity index (χ4v) is 3.55. The molecule has 0 spiro atoms. The van der Waals surface area contributed by atoms with Gasteiger partial charge in [-0.05, 0) is 24.3 Å². The van der Waals surface area contributed by atoms with Crippen molar-refractivity contribution in [3.8, 4) is 22.8 Å². The summed E-state index contributed by atoms with van der Waals surface area (Å²) in [6.07, 6.45) is 2.89. The van der Waals surface area contributed by atoms with Crippen molar-refractivity contribution in [3.05, 3.63) is 59.2 Å². The maximum absolute atomic E-state index is 12.6. The van der Waals surface area contributed by atoms with Crippen molar-refractivity contribution in [1.82, 2.24) is 15.0 Å². The number of nitrogens with one attached hydrogen (secondary N) is 2. The second-order valence-electron chi connectivity index (χ2n) is 5.58. The molecule has 28 heavy (non-hydrogen) atoms. The van der Waals surface area contributed by atoms with Crippen molar-refractivity contribution in [1.29, 1.82) is 0 Å². The van der Waals surface area contributed by atoms with Gasteiger partial charge in [0.25, 0.3) is 10.0 Å². The summed E-state index contributed by atoms with van der Waals surface area (Å²) in [6, 6.07) is 11.6. The molecular weight excluding hydrogens is 404 g/mol. The lowest BCUT2D eigenvalue weighted by molar-refractivity contribution is 0.392. The molecule has 146 valence electrons. The van der Waals surface area contributed by atoms with E-state index in [0.29, 0.717) is 22.0 Å². The lowest BCUT2D eigenvalue weighted by Gasteiger charge is -2.10. The van der Waals surface area contributed by atoms with E-state index in [4.69, 9.17) is 21.1 Å². The molecule has 1 heterocycles. The standard InChI is InChI=1S/C18H17ClN4O4S/c1-26-15-7-8-16(27-2)17(9-15)28(24,25)23-21-11-13-10-20-22-18(13)12-3-5-14(19)6-4-12/h3-11,23H,1-2H3,(H,20,22). The molecule has 0 radical (unpaired) electrons. The van der Waals surface area contributed by atoms with Crippen molar-refractivity contribution in [3.63, 3.8) is 0 Å². The highest BCUT2D eigenvalue weighted by atomic mass is 35.5. The summed E-state index contributed by atoms with van der Waals surface area (Å²) >= 11 is 5.90. The van der Waals surface area contributed by atoms with Crippen LogP contribution >= 0.6 is 11.6 Å². The summed E-state index contributed by atoms with van der Waals surface area (Å²) in [6.45, 7) is 0. The van der Waals surface area contributed by atoms with Crippen molar-refractivity contribution in [2.45, 2.75) is 4.90 Å². The summed E-state index contributed by atoms with van der Waals surface area (Å²) in [4.78, 5) is 2.08. The SMILES string of the molecule is COc1ccc(OC)c(S(=O)(=O)NN=Cc2cn[nH]c2-c2ccc(Cl)cc2)c1. The topological polar surface area (TPSA) is 106 Å². The normalized spacial score (nSPS) is 11.5. The Morgan fingerprint density at radius 1 is 1.14 bits per heavy atom. The Morgan fingerprint density at radius 2 is 1.89 bits per heavy atom. The first-order valence-corrected chi connectivity index (χ1v) is 9.87. The van der Waals surface area contributed by atoms with E-state index >= 15 is 0 Å². The third-order valence-electron chi connectivity index (χ3n) is 3.84. The largest absolute Gasteiger partial charge is 0.497 e. The zero-order chi connectivity index (χ0) is 20.1. The quantitative estimate of drug-likeness (QED) is 0.451. The molecule has 10 heteroatoms. The van der Waals surface area contributed by atoms with Crippen molar-refractivity contribution in [2.75, 3.05) is 14.2 Å². The summed E-state index contributed by atoms with van der Waals surface area (Å²) < 4.78 is 35.4. The van der Waals surface area contributed by atoms with Crippen LogP contribution in [0, 0.1) is 0 Å². The fraction of sp³-hybridized carbons (Fsp3) is 0.111. The predicted molar refractivity (Wildman–Crippen MR) is 106 cm³/mol. The number of aromatic nitrogens is 2. The number of methoxy groups -OCH3 is 2. The second kappa shape index (κ2) is 8.32. The van der Waals surface area contributed by atoms with Gasteiger partial charge in [-0.3, -0.25) is 5.10 Å². The minimum Gasteiger partial charge on any atom is -0.497 e. The minimum atomic E-state index is -3.97. The number of ether oxygens (including phenoxy) is 2. The van der Waals surface area contributed by atoms with Gasteiger partial charge < -0.3 is 9.47 Å². The average molecular weight is 421 g/mol. The number of hydrogen-bond acceptors (Lipinski definition) is 6. The number of H-pyrrole nitrogens is 1. The zero-order valence-electron chi connectivity index (χ0n) is 15.0. The number of nitrogens with zero attached hydrogens (tertiary/aromatic N) is 2. The molecule has 0 aliphatic heterocycles. The number of benzene rings is 2. The van der Waals surface area contributed by atoms with Gasteiger partial charge >= 0.3 is 0 Å². The third kappa shape index (κ3) is 4.26. The van der Waals surface area contributed by atoms with Crippen LogP contribution in [0.3, 0.4) is 0 Å². The Balaban J connectivity index is 1.84. The second-order valence-corrected chi connectivity index (χ2v) is 7.64. The molecule has 0 fully saturated rings. The van der Waals surface area contributed by atoms with E-state index in [1.807, 2.05) is 12.1 Å². The summed E-state index contributed by atoms with van der Waals surface area (Å²) in [5.74, 6) is 0.554. The Morgan fingerprint density at radius 3 is 2.57 bits per heavy atom. The first-order chi connectivity index (χ1) is 13.4. The molecule has 2 N–H and O–H groups in total. The number of sulfonamides is 1. The molecule has 0 saturated carbocycles. The zero-order valence-corrected chi connectivity index (χ0v) is 16.6. The first-order valence-electron chi connectivity index (χ1n) is 8.01. The van der Waals surface area contributed by atoms with Crippen LogP contribution in [0.2, 0.25) is 5.02 Å². The molecule has 0 saturated heterocycles. The van der Waals surface area contributed by atoms with E-state index in [-0.39, 0.29) is 10.6 Å². The van der Waals surface area contributed by atoms with Crippen LogP contribution in [0.25, 0.3) is 11.3 Å². The summed E-state index contributed by atoms with van der Waals surface area (Å²) in [7, 11) is -1.14. The van der Waals surface area contributed by atoms with Crippen molar-refractivity contribution >= 4 is 27.8 Å². The molecule has 0 amide bonds. The molecule has 0 bridgehead atoms. The first kappa shape index (κ1) is 19.7. The van der Waals surface area contributed by atoms with Crippen LogP contribution in [0.4, 0.5) is 0 Å². The summed E-state index contributed by atoms with van der Waals surface area (Å²) in [5, 5.41) is 11.3. The molecule has 0 atom stereocenters. The summed E-state index contributed by atoms with van der Waals surface area (Å²) in [5.41, 5.74) is 2.11. The van der Waals surface area contributed by atoms with E-state index in [1.165, 1.54) is 38.8 Å². The number of rotatable bonds is 7. The molecule has 3 rings (SSSR count). The van der Waals surface area contributed by atoms with Gasteiger partial charge in [0.2, 0.25) is 0 Å². The maximum Gasteiger partial charge on any atom is 0.280 e. The van der Waals surface area contributed by atoms with Gasteiger partial charge in [-0.25, -0.2) is 0 Å². The van der Waals surface area contributed by atoms with E-state index in [0.717, 1.165) is 5.56 Å². The highest BCUT2D eigenvalue weighted by Gasteiger charge is 2.20. The number of halogens is 1. The lowest BCUT2D eigenvalue weighted by Crippen LogP contribution is -2.19. The van der Waals surface area contributed by atoms with Crippen LogP contribution in [-0.2, 0) is 10.0 Å². The smallest absolute Gasteiger partial charge is 0.280 e. The van der Waals surface area contributed by atoms with E-state index in [2.05, 4.69) is 20.1 Å². The Kier molecular flexibility index (Phi) is 5.86. The predicted octanol–water partition coefficient (Wildman–Crippen LogP) is 3.06. The molecule has 3 aromatic rings. The molecule has 8 nitrogen and oxygen atoms in total. The van der Waals surface area contributed by atoms with Gasteiger partial charge in [0.1, 0.15) is 16.4 Å². The Labute approximate surface area is 167 Å². The van der Waals surface area contributed by atoms with Gasteiger partial charge in [-0.15, -0.1) is 0 Å². The van der Waals surface area contributed by atoms with Crippen LogP contribution in [0.15, 0.2) is 58.7 Å². The van der Waals surface area contributed by atoms with Gasteiger partial charge in [-0.2, -0.15) is 23.4 Å². The monoisotopic (exact) mass is 420 g/mol. The van der Waals surface area contributed by atoms with Crippen molar-refractivity contribution in [2.24, 2.45) is 5.10 Å². The van der Waals surface area contributed by atoms with Crippen LogP contribution < -0.4 is 14.3 Å². The highest BCUT2D eigenvalue weighted by Crippen LogP contribution is 2.28.